The molecule has 1 fully saturated rings. The van der Waals surface area contributed by atoms with Gasteiger partial charge >= 0.3 is 0 Å². The van der Waals surface area contributed by atoms with Gasteiger partial charge in [0, 0.05) is 36.3 Å². The number of aromatic nitrogens is 4. The number of hydrogen-bond acceptors (Lipinski definition) is 7. The van der Waals surface area contributed by atoms with Gasteiger partial charge in [-0.05, 0) is 37.1 Å². The number of nitrogens with zero attached hydrogens (tertiary/aromatic N) is 4. The second-order valence-corrected chi connectivity index (χ2v) is 10.4. The number of H-pyrrole nitrogens is 1. The largest absolute Gasteiger partial charge is 0.343 e. The van der Waals surface area contributed by atoms with Crippen LogP contribution in [0.3, 0.4) is 0 Å². The van der Waals surface area contributed by atoms with Crippen LogP contribution in [0.1, 0.15) is 50.4 Å². The lowest BCUT2D eigenvalue weighted by atomic mass is 9.97. The average molecular weight is 519 g/mol. The average Bonchev–Trinajstić information content (AvgIpc) is 3.58. The fraction of sp³-hybridized carbons (Fsp3) is 0.269. The molecular weight excluding hydrogens is 492 g/mol. The zero-order valence-electron chi connectivity index (χ0n) is 19.6. The first-order chi connectivity index (χ1) is 17.6. The van der Waals surface area contributed by atoms with Gasteiger partial charge in [0.25, 0.3) is 11.8 Å². The van der Waals surface area contributed by atoms with Gasteiger partial charge in [0.1, 0.15) is 16.5 Å². The van der Waals surface area contributed by atoms with E-state index >= 15 is 0 Å². The molecule has 2 amide bonds. The number of imidazole rings is 1. The van der Waals surface area contributed by atoms with E-state index in [1.807, 2.05) is 35.2 Å². The summed E-state index contributed by atoms with van der Waals surface area (Å²) in [5, 5.41) is 6.38. The molecule has 8 nitrogen and oxygen atoms in total. The fourth-order valence-electron chi connectivity index (χ4n) is 4.23. The molecule has 0 aliphatic carbocycles. The number of likely N-dealkylation sites (tertiary alicyclic amines) is 1. The molecule has 10 heteroatoms. The van der Waals surface area contributed by atoms with Crippen molar-refractivity contribution in [2.75, 3.05) is 18.8 Å². The number of fused-ring (bicyclic) bond motifs is 1. The van der Waals surface area contributed by atoms with Crippen LogP contribution in [0.4, 0.5) is 0 Å². The van der Waals surface area contributed by atoms with Crippen molar-refractivity contribution in [2.45, 2.75) is 30.3 Å². The number of carbonyl (C=O) groups excluding carboxylic acids is 2. The summed E-state index contributed by atoms with van der Waals surface area (Å²) in [6, 6.07) is 11.4. The molecule has 3 aromatic heterocycles. The normalized spacial score (nSPS) is 14.2. The second kappa shape index (κ2) is 11.0. The monoisotopic (exact) mass is 518 g/mol. The summed E-state index contributed by atoms with van der Waals surface area (Å²) in [4.78, 5) is 44.4. The van der Waals surface area contributed by atoms with E-state index in [-0.39, 0.29) is 17.7 Å². The highest BCUT2D eigenvalue weighted by atomic mass is 32.2. The first kappa shape index (κ1) is 24.2. The Morgan fingerprint density at radius 1 is 1.19 bits per heavy atom. The van der Waals surface area contributed by atoms with E-state index < -0.39 is 0 Å². The summed E-state index contributed by atoms with van der Waals surface area (Å²) in [6.45, 7) is 5.35. The summed E-state index contributed by atoms with van der Waals surface area (Å²) in [5.74, 6) is 1.44. The number of thiazole rings is 1. The van der Waals surface area contributed by atoms with E-state index in [0.717, 1.165) is 33.9 Å². The molecule has 0 spiro atoms. The highest BCUT2D eigenvalue weighted by Crippen LogP contribution is 2.31. The van der Waals surface area contributed by atoms with Crippen LogP contribution in [0.2, 0.25) is 0 Å². The van der Waals surface area contributed by atoms with Crippen LogP contribution in [0.5, 0.6) is 0 Å². The minimum Gasteiger partial charge on any atom is -0.343 e. The van der Waals surface area contributed by atoms with Crippen LogP contribution in [0.15, 0.2) is 65.7 Å². The maximum Gasteiger partial charge on any atom is 0.271 e. The van der Waals surface area contributed by atoms with Crippen LogP contribution < -0.4 is 5.32 Å². The molecule has 1 aromatic carbocycles. The van der Waals surface area contributed by atoms with E-state index in [4.69, 9.17) is 0 Å². The molecule has 0 radical (unpaired) electrons. The molecule has 0 unspecified atom stereocenters. The quantitative estimate of drug-likeness (QED) is 0.260. The van der Waals surface area contributed by atoms with Crippen molar-refractivity contribution in [1.29, 1.82) is 0 Å². The Bertz CT molecular complexity index is 1360. The van der Waals surface area contributed by atoms with Gasteiger partial charge in [-0.15, -0.1) is 29.7 Å². The first-order valence-electron chi connectivity index (χ1n) is 11.8. The van der Waals surface area contributed by atoms with Crippen molar-refractivity contribution in [1.82, 2.24) is 30.2 Å². The van der Waals surface area contributed by atoms with E-state index in [9.17, 15) is 9.59 Å². The third-order valence-electron chi connectivity index (χ3n) is 6.08. The molecule has 1 aliphatic heterocycles. The van der Waals surface area contributed by atoms with Gasteiger partial charge in [0.15, 0.2) is 0 Å². The number of amides is 2. The van der Waals surface area contributed by atoms with Crippen LogP contribution in [-0.2, 0) is 6.54 Å². The second-order valence-electron chi connectivity index (χ2n) is 8.48. The highest BCUT2D eigenvalue weighted by Gasteiger charge is 2.28. The van der Waals surface area contributed by atoms with Crippen molar-refractivity contribution < 1.29 is 9.59 Å². The minimum absolute atomic E-state index is 0.0119. The molecule has 2 N–H and O–H groups in total. The molecule has 1 saturated heterocycles. The number of para-hydroxylation sites is 2. The third-order valence-corrected chi connectivity index (χ3v) is 8.09. The Labute approximate surface area is 217 Å². The Morgan fingerprint density at radius 2 is 2.03 bits per heavy atom. The molecule has 5 rings (SSSR count). The van der Waals surface area contributed by atoms with E-state index in [0.29, 0.717) is 42.5 Å². The molecule has 0 atom stereocenters. The lowest BCUT2D eigenvalue weighted by Gasteiger charge is -2.31. The number of hydrogen-bond donors (Lipinski definition) is 2. The maximum absolute atomic E-state index is 13.1. The molecule has 0 saturated carbocycles. The molecule has 184 valence electrons. The first-order valence-corrected chi connectivity index (χ1v) is 13.6. The Kier molecular flexibility index (Phi) is 7.43. The van der Waals surface area contributed by atoms with Crippen LogP contribution >= 0.6 is 23.1 Å². The van der Waals surface area contributed by atoms with E-state index in [1.54, 1.807) is 23.7 Å². The number of benzene rings is 1. The predicted molar refractivity (Wildman–Crippen MR) is 142 cm³/mol. The number of aromatic amines is 1. The number of carbonyl (C=O) groups is 2. The molecule has 0 bridgehead atoms. The van der Waals surface area contributed by atoms with Gasteiger partial charge in [-0.25, -0.2) is 15.0 Å². The van der Waals surface area contributed by atoms with Gasteiger partial charge in [-0.3, -0.25) is 9.59 Å². The minimum atomic E-state index is -0.216. The molecular formula is C26H26N6O2S2. The van der Waals surface area contributed by atoms with Crippen LogP contribution in [-0.4, -0.2) is 55.5 Å². The fourth-order valence-corrected chi connectivity index (χ4v) is 5.92. The summed E-state index contributed by atoms with van der Waals surface area (Å²) in [5.41, 5.74) is 2.87. The maximum atomic E-state index is 13.1. The topological polar surface area (TPSA) is 104 Å². The van der Waals surface area contributed by atoms with Gasteiger partial charge < -0.3 is 15.2 Å². The van der Waals surface area contributed by atoms with Gasteiger partial charge in [-0.1, -0.05) is 18.2 Å². The summed E-state index contributed by atoms with van der Waals surface area (Å²) in [6.07, 6.45) is 5.14. The summed E-state index contributed by atoms with van der Waals surface area (Å²) < 4.78 is 0. The number of rotatable bonds is 8. The van der Waals surface area contributed by atoms with Gasteiger partial charge in [-0.2, -0.15) is 0 Å². The Hall–Kier alpha value is -3.50. The smallest absolute Gasteiger partial charge is 0.271 e. The van der Waals surface area contributed by atoms with Crippen molar-refractivity contribution in [3.05, 3.63) is 82.7 Å². The van der Waals surface area contributed by atoms with E-state index in [2.05, 4.69) is 31.8 Å². The van der Waals surface area contributed by atoms with Crippen LogP contribution in [0.25, 0.3) is 11.0 Å². The van der Waals surface area contributed by atoms with Crippen LogP contribution in [0, 0.1) is 0 Å². The summed E-state index contributed by atoms with van der Waals surface area (Å²) in [7, 11) is 0. The molecule has 4 aromatic rings. The lowest BCUT2D eigenvalue weighted by Crippen LogP contribution is -2.38. The number of pyridine rings is 1. The van der Waals surface area contributed by atoms with Crippen molar-refractivity contribution in [2.24, 2.45) is 0 Å². The predicted octanol–water partition coefficient (Wildman–Crippen LogP) is 4.64. The molecule has 1 aliphatic rings. The Morgan fingerprint density at radius 3 is 2.83 bits per heavy atom. The summed E-state index contributed by atoms with van der Waals surface area (Å²) >= 11 is 3.02. The molecule has 4 heterocycles. The van der Waals surface area contributed by atoms with Gasteiger partial charge in [0.2, 0.25) is 0 Å². The zero-order chi connectivity index (χ0) is 24.9. The van der Waals surface area contributed by atoms with Crippen molar-refractivity contribution in [3.8, 4) is 0 Å². The third kappa shape index (κ3) is 5.34. The Balaban J connectivity index is 1.16. The number of nitrogens with one attached hydrogen (secondary N) is 2. The lowest BCUT2D eigenvalue weighted by molar-refractivity contribution is 0.0708. The number of thioether (sulfide) groups is 1. The van der Waals surface area contributed by atoms with Crippen molar-refractivity contribution in [3.63, 3.8) is 0 Å². The standard InChI is InChI=1S/C26H26N6O2S2/c1-2-14-35-25-18(6-5-11-27-25)26(34)32-12-9-17(10-13-32)24-31-21(16-36-24)23(33)28-15-22-29-19-7-3-4-8-20(19)30-22/h2-8,11,16-17H,1,9-10,12-15H2,(H,28,33)(H,29,30). The van der Waals surface area contributed by atoms with Gasteiger partial charge in [0.05, 0.1) is 28.1 Å². The van der Waals surface area contributed by atoms with Crippen molar-refractivity contribution >= 4 is 45.9 Å². The van der Waals surface area contributed by atoms with E-state index in [1.165, 1.54) is 23.1 Å². The SMILES string of the molecule is C=CCSc1ncccc1C(=O)N1CCC(c2nc(C(=O)NCc3nc4ccccc4[nH]3)cs2)CC1. The number of piperidine rings is 1. The molecule has 36 heavy (non-hydrogen) atoms. The zero-order valence-corrected chi connectivity index (χ0v) is 21.3. The highest BCUT2D eigenvalue weighted by molar-refractivity contribution is 7.99.